The van der Waals surface area contributed by atoms with E-state index in [1.165, 1.54) is 0 Å². The molecule has 0 amide bonds. The van der Waals surface area contributed by atoms with Crippen LogP contribution in [-0.2, 0) is 0 Å². The van der Waals surface area contributed by atoms with Gasteiger partial charge in [-0.2, -0.15) is 0 Å². The standard InChI is InChI=1S/C12H14N4S/c1-7-6-8(2)15-12(10(7)11(13)17)16-5-4-14-9(16)3/h4-6H,1-3H3,(H2,13,17). The fraction of sp³-hybridized carbons (Fsp3) is 0.250. The van der Waals surface area contributed by atoms with E-state index < -0.39 is 0 Å². The molecule has 0 spiro atoms. The summed E-state index contributed by atoms with van der Waals surface area (Å²) in [5, 5.41) is 0. The Labute approximate surface area is 106 Å². The van der Waals surface area contributed by atoms with Crippen LogP contribution in [0.3, 0.4) is 0 Å². The summed E-state index contributed by atoms with van der Waals surface area (Å²) in [7, 11) is 0. The molecule has 0 fully saturated rings. The maximum absolute atomic E-state index is 5.78. The lowest BCUT2D eigenvalue weighted by Crippen LogP contribution is -2.17. The molecule has 0 unspecified atom stereocenters. The van der Waals surface area contributed by atoms with Crippen molar-refractivity contribution >= 4 is 17.2 Å². The van der Waals surface area contributed by atoms with Crippen LogP contribution in [0.25, 0.3) is 5.82 Å². The van der Waals surface area contributed by atoms with Crippen LogP contribution >= 0.6 is 12.2 Å². The molecule has 2 rings (SSSR count). The van der Waals surface area contributed by atoms with Crippen molar-refractivity contribution in [2.24, 2.45) is 5.73 Å². The first kappa shape index (κ1) is 11.7. The second-order valence-corrected chi connectivity index (χ2v) is 4.43. The minimum atomic E-state index is 0.359. The van der Waals surface area contributed by atoms with Gasteiger partial charge in [-0.25, -0.2) is 9.97 Å². The van der Waals surface area contributed by atoms with Gasteiger partial charge in [-0.05, 0) is 32.4 Å². The molecule has 2 N–H and O–H groups in total. The molecule has 0 bridgehead atoms. The van der Waals surface area contributed by atoms with Gasteiger partial charge in [0.15, 0.2) is 0 Å². The van der Waals surface area contributed by atoms with Gasteiger partial charge in [0.1, 0.15) is 16.6 Å². The highest BCUT2D eigenvalue weighted by molar-refractivity contribution is 7.80. The van der Waals surface area contributed by atoms with Gasteiger partial charge >= 0.3 is 0 Å². The van der Waals surface area contributed by atoms with Gasteiger partial charge in [-0.1, -0.05) is 12.2 Å². The maximum atomic E-state index is 5.78. The summed E-state index contributed by atoms with van der Waals surface area (Å²) >= 11 is 5.10. The summed E-state index contributed by atoms with van der Waals surface area (Å²) in [6, 6.07) is 1.98. The molecule has 2 aromatic heterocycles. The van der Waals surface area contributed by atoms with Gasteiger partial charge in [0.05, 0.1) is 5.56 Å². The molecule has 5 heteroatoms. The van der Waals surface area contributed by atoms with E-state index in [9.17, 15) is 0 Å². The van der Waals surface area contributed by atoms with Crippen molar-refractivity contribution < 1.29 is 0 Å². The molecule has 0 aromatic carbocycles. The van der Waals surface area contributed by atoms with E-state index in [4.69, 9.17) is 18.0 Å². The zero-order chi connectivity index (χ0) is 12.6. The topological polar surface area (TPSA) is 56.7 Å². The van der Waals surface area contributed by atoms with Gasteiger partial charge in [0.25, 0.3) is 0 Å². The van der Waals surface area contributed by atoms with Gasteiger partial charge in [-0.15, -0.1) is 0 Å². The molecule has 0 saturated carbocycles. The first-order valence-corrected chi connectivity index (χ1v) is 5.70. The molecule has 2 aromatic rings. The number of nitrogens with two attached hydrogens (primary N) is 1. The molecule has 0 aliphatic rings. The minimum Gasteiger partial charge on any atom is -0.389 e. The quantitative estimate of drug-likeness (QED) is 0.821. The zero-order valence-electron chi connectivity index (χ0n) is 10.1. The first-order valence-electron chi connectivity index (χ1n) is 5.29. The van der Waals surface area contributed by atoms with Crippen molar-refractivity contribution in [3.8, 4) is 5.82 Å². The van der Waals surface area contributed by atoms with Crippen LogP contribution < -0.4 is 5.73 Å². The molecule has 88 valence electrons. The number of rotatable bonds is 2. The van der Waals surface area contributed by atoms with Crippen molar-refractivity contribution in [1.82, 2.24) is 14.5 Å². The molecule has 0 saturated heterocycles. The van der Waals surface area contributed by atoms with E-state index in [0.717, 1.165) is 28.5 Å². The van der Waals surface area contributed by atoms with Gasteiger partial charge < -0.3 is 5.73 Å². The lowest BCUT2D eigenvalue weighted by atomic mass is 10.1. The molecule has 0 aliphatic heterocycles. The molecule has 2 heterocycles. The number of thiocarbonyl (C=S) groups is 1. The SMILES string of the molecule is Cc1cc(C)c(C(N)=S)c(-n2ccnc2C)n1. The van der Waals surface area contributed by atoms with Crippen LogP contribution in [-0.4, -0.2) is 19.5 Å². The van der Waals surface area contributed by atoms with Gasteiger partial charge in [0, 0.05) is 18.1 Å². The van der Waals surface area contributed by atoms with E-state index in [2.05, 4.69) is 9.97 Å². The second kappa shape index (κ2) is 4.25. The fourth-order valence-corrected chi connectivity index (χ4v) is 2.15. The number of aryl methyl sites for hydroxylation is 3. The molecular weight excluding hydrogens is 232 g/mol. The maximum Gasteiger partial charge on any atom is 0.148 e. The predicted molar refractivity (Wildman–Crippen MR) is 71.5 cm³/mol. The second-order valence-electron chi connectivity index (χ2n) is 3.99. The highest BCUT2D eigenvalue weighted by Gasteiger charge is 2.14. The molecule has 0 atom stereocenters. The predicted octanol–water partition coefficient (Wildman–Crippen LogP) is 1.83. The number of hydrogen-bond acceptors (Lipinski definition) is 3. The molecule has 0 aliphatic carbocycles. The lowest BCUT2D eigenvalue weighted by molar-refractivity contribution is 0.915. The first-order chi connectivity index (χ1) is 8.00. The van der Waals surface area contributed by atoms with Crippen LogP contribution in [0.15, 0.2) is 18.5 Å². The number of pyridine rings is 1. The van der Waals surface area contributed by atoms with E-state index in [1.54, 1.807) is 6.20 Å². The summed E-state index contributed by atoms with van der Waals surface area (Å²) in [6.45, 7) is 5.85. The Balaban J connectivity index is 2.76. The molecule has 0 radical (unpaired) electrons. The summed E-state index contributed by atoms with van der Waals surface area (Å²) in [5.41, 5.74) is 8.56. The number of nitrogens with zero attached hydrogens (tertiary/aromatic N) is 3. The Morgan fingerprint density at radius 2 is 2.06 bits per heavy atom. The molecule has 17 heavy (non-hydrogen) atoms. The smallest absolute Gasteiger partial charge is 0.148 e. The summed E-state index contributed by atoms with van der Waals surface area (Å²) in [4.78, 5) is 9.06. The van der Waals surface area contributed by atoms with E-state index >= 15 is 0 Å². The number of hydrogen-bond donors (Lipinski definition) is 1. The number of aromatic nitrogens is 3. The third kappa shape index (κ3) is 2.06. The Morgan fingerprint density at radius 3 is 2.59 bits per heavy atom. The lowest BCUT2D eigenvalue weighted by Gasteiger charge is -2.13. The Morgan fingerprint density at radius 1 is 1.35 bits per heavy atom. The fourth-order valence-electron chi connectivity index (χ4n) is 1.90. The molecule has 4 nitrogen and oxygen atoms in total. The van der Waals surface area contributed by atoms with Crippen molar-refractivity contribution in [2.45, 2.75) is 20.8 Å². The summed E-state index contributed by atoms with van der Waals surface area (Å²) in [5.74, 6) is 1.62. The highest BCUT2D eigenvalue weighted by atomic mass is 32.1. The average Bonchev–Trinajstić information content (AvgIpc) is 2.62. The van der Waals surface area contributed by atoms with E-state index in [0.29, 0.717) is 4.99 Å². The normalized spacial score (nSPS) is 10.5. The van der Waals surface area contributed by atoms with Crippen molar-refractivity contribution in [1.29, 1.82) is 0 Å². The van der Waals surface area contributed by atoms with Crippen molar-refractivity contribution in [2.75, 3.05) is 0 Å². The summed E-state index contributed by atoms with van der Waals surface area (Å²) < 4.78 is 1.90. The van der Waals surface area contributed by atoms with E-state index in [1.807, 2.05) is 37.6 Å². The third-order valence-electron chi connectivity index (χ3n) is 2.63. The van der Waals surface area contributed by atoms with Crippen LogP contribution in [0, 0.1) is 20.8 Å². The highest BCUT2D eigenvalue weighted by Crippen LogP contribution is 2.19. The third-order valence-corrected chi connectivity index (χ3v) is 2.83. The minimum absolute atomic E-state index is 0.359. The van der Waals surface area contributed by atoms with Crippen LogP contribution in [0.2, 0.25) is 0 Å². The van der Waals surface area contributed by atoms with Crippen molar-refractivity contribution in [3.05, 3.63) is 41.1 Å². The van der Waals surface area contributed by atoms with Crippen LogP contribution in [0.1, 0.15) is 22.6 Å². The average molecular weight is 246 g/mol. The van der Waals surface area contributed by atoms with E-state index in [-0.39, 0.29) is 0 Å². The largest absolute Gasteiger partial charge is 0.389 e. The Kier molecular flexibility index (Phi) is 2.93. The monoisotopic (exact) mass is 246 g/mol. The number of imidazole rings is 1. The Bertz CT molecular complexity index is 586. The van der Waals surface area contributed by atoms with Gasteiger partial charge in [0.2, 0.25) is 0 Å². The summed E-state index contributed by atoms with van der Waals surface area (Å²) in [6.07, 6.45) is 3.59. The van der Waals surface area contributed by atoms with Crippen molar-refractivity contribution in [3.63, 3.8) is 0 Å². The van der Waals surface area contributed by atoms with Gasteiger partial charge in [-0.3, -0.25) is 4.57 Å². The Hall–Kier alpha value is -1.75. The zero-order valence-corrected chi connectivity index (χ0v) is 10.9. The molecular formula is C12H14N4S. The van der Waals surface area contributed by atoms with Crippen LogP contribution in [0.4, 0.5) is 0 Å². The van der Waals surface area contributed by atoms with Crippen LogP contribution in [0.5, 0.6) is 0 Å².